The minimum atomic E-state index is -0.426. The number of piperidine rings is 1. The maximum Gasteiger partial charge on any atom is 0.325 e. The van der Waals surface area contributed by atoms with Crippen LogP contribution in [0.4, 0.5) is 5.69 Å². The van der Waals surface area contributed by atoms with Crippen LogP contribution in [0.15, 0.2) is 54.9 Å². The Balaban J connectivity index is 1.37. The van der Waals surface area contributed by atoms with Gasteiger partial charge in [0.2, 0.25) is 5.91 Å². The molecule has 32 heavy (non-hydrogen) atoms. The number of ether oxygens (including phenoxy) is 1. The van der Waals surface area contributed by atoms with Gasteiger partial charge in [0.15, 0.2) is 0 Å². The van der Waals surface area contributed by atoms with E-state index in [9.17, 15) is 9.59 Å². The van der Waals surface area contributed by atoms with Crippen molar-refractivity contribution in [3.63, 3.8) is 0 Å². The van der Waals surface area contributed by atoms with E-state index in [1.165, 1.54) is 0 Å². The molecular weight excluding hydrogens is 404 g/mol. The molecule has 7 nitrogen and oxygen atoms in total. The van der Waals surface area contributed by atoms with Crippen LogP contribution in [0.2, 0.25) is 0 Å². The van der Waals surface area contributed by atoms with Crippen LogP contribution in [-0.4, -0.2) is 72.0 Å². The number of rotatable bonds is 6. The first kappa shape index (κ1) is 22.3. The lowest BCUT2D eigenvalue weighted by Crippen LogP contribution is -2.59. The molecule has 3 heterocycles. The van der Waals surface area contributed by atoms with Crippen molar-refractivity contribution in [1.82, 2.24) is 14.8 Å². The Morgan fingerprint density at radius 1 is 1.00 bits per heavy atom. The fourth-order valence-corrected chi connectivity index (χ4v) is 4.69. The lowest BCUT2D eigenvalue weighted by Gasteiger charge is -2.42. The van der Waals surface area contributed by atoms with E-state index >= 15 is 0 Å². The van der Waals surface area contributed by atoms with Crippen molar-refractivity contribution >= 4 is 17.6 Å². The van der Waals surface area contributed by atoms with Crippen LogP contribution >= 0.6 is 0 Å². The number of carbonyl (C=O) groups excluding carboxylic acids is 2. The van der Waals surface area contributed by atoms with Crippen molar-refractivity contribution in [2.24, 2.45) is 5.92 Å². The summed E-state index contributed by atoms with van der Waals surface area (Å²) in [5, 5.41) is 0. The van der Waals surface area contributed by atoms with E-state index in [0.717, 1.165) is 37.2 Å². The number of anilines is 1. The first-order valence-electron chi connectivity index (χ1n) is 11.5. The normalized spacial score (nSPS) is 20.2. The summed E-state index contributed by atoms with van der Waals surface area (Å²) in [5.41, 5.74) is 2.31. The molecule has 4 rings (SSSR count). The Morgan fingerprint density at radius 3 is 2.41 bits per heavy atom. The first-order chi connectivity index (χ1) is 15.7. The fraction of sp³-hybridized carbons (Fsp3) is 0.480. The highest BCUT2D eigenvalue weighted by Gasteiger charge is 2.37. The average Bonchev–Trinajstić information content (AvgIpc) is 2.85. The van der Waals surface area contributed by atoms with Crippen molar-refractivity contribution in [2.75, 3.05) is 44.2 Å². The molecule has 1 aromatic carbocycles. The number of piperazine rings is 1. The van der Waals surface area contributed by atoms with E-state index in [1.54, 1.807) is 12.4 Å². The standard InChI is InChI=1S/C25H32N4O3/c1-2-32-25(31)23-19-29(17-16-28(23)18-20-6-4-3-5-7-20)24(30)21-10-14-27(15-11-21)22-8-12-26-13-9-22/h3-9,12-13,21,23H,2,10-11,14-19H2,1H3. The predicted molar refractivity (Wildman–Crippen MR) is 123 cm³/mol. The molecule has 0 bridgehead atoms. The summed E-state index contributed by atoms with van der Waals surface area (Å²) in [6, 6.07) is 13.7. The van der Waals surface area contributed by atoms with E-state index in [-0.39, 0.29) is 17.8 Å². The molecular formula is C25H32N4O3. The van der Waals surface area contributed by atoms with Gasteiger partial charge < -0.3 is 14.5 Å². The maximum atomic E-state index is 13.3. The minimum absolute atomic E-state index is 0.0107. The quantitative estimate of drug-likeness (QED) is 0.649. The zero-order chi connectivity index (χ0) is 22.3. The van der Waals surface area contributed by atoms with Gasteiger partial charge in [-0.15, -0.1) is 0 Å². The molecule has 170 valence electrons. The van der Waals surface area contributed by atoms with E-state index in [0.29, 0.717) is 32.8 Å². The molecule has 1 unspecified atom stereocenters. The van der Waals surface area contributed by atoms with Crippen molar-refractivity contribution in [1.29, 1.82) is 0 Å². The molecule has 0 N–H and O–H groups in total. The van der Waals surface area contributed by atoms with Crippen LogP contribution in [0.25, 0.3) is 0 Å². The van der Waals surface area contributed by atoms with Gasteiger partial charge >= 0.3 is 5.97 Å². The molecule has 0 spiro atoms. The van der Waals surface area contributed by atoms with Crippen molar-refractivity contribution in [3.8, 4) is 0 Å². The predicted octanol–water partition coefficient (Wildman–Crippen LogP) is 2.57. The number of esters is 1. The summed E-state index contributed by atoms with van der Waals surface area (Å²) in [7, 11) is 0. The molecule has 2 saturated heterocycles. The van der Waals surface area contributed by atoms with Crippen molar-refractivity contribution in [3.05, 3.63) is 60.4 Å². The van der Waals surface area contributed by atoms with Gasteiger partial charge in [-0.25, -0.2) is 0 Å². The van der Waals surface area contributed by atoms with Gasteiger partial charge in [0, 0.05) is 63.3 Å². The molecule has 2 aliphatic heterocycles. The van der Waals surface area contributed by atoms with E-state index in [4.69, 9.17) is 4.74 Å². The largest absolute Gasteiger partial charge is 0.465 e. The molecule has 1 aromatic heterocycles. The van der Waals surface area contributed by atoms with E-state index in [2.05, 4.69) is 26.9 Å². The van der Waals surface area contributed by atoms with Crippen LogP contribution < -0.4 is 4.90 Å². The number of benzene rings is 1. The Kier molecular flexibility index (Phi) is 7.37. The smallest absolute Gasteiger partial charge is 0.325 e. The highest BCUT2D eigenvalue weighted by Crippen LogP contribution is 2.25. The zero-order valence-electron chi connectivity index (χ0n) is 18.7. The maximum absolute atomic E-state index is 13.3. The van der Waals surface area contributed by atoms with Crippen LogP contribution in [0.3, 0.4) is 0 Å². The Labute approximate surface area is 190 Å². The molecule has 2 aromatic rings. The van der Waals surface area contributed by atoms with Crippen molar-refractivity contribution in [2.45, 2.75) is 32.4 Å². The molecule has 0 radical (unpaired) electrons. The summed E-state index contributed by atoms with van der Waals surface area (Å²) in [6.07, 6.45) is 5.26. The van der Waals surface area contributed by atoms with Gasteiger partial charge in [0.1, 0.15) is 6.04 Å². The molecule has 2 aliphatic rings. The summed E-state index contributed by atoms with van der Waals surface area (Å²) < 4.78 is 5.36. The first-order valence-corrected chi connectivity index (χ1v) is 11.5. The number of hydrogen-bond acceptors (Lipinski definition) is 6. The number of nitrogens with zero attached hydrogens (tertiary/aromatic N) is 4. The van der Waals surface area contributed by atoms with E-state index in [1.807, 2.05) is 42.2 Å². The second-order valence-electron chi connectivity index (χ2n) is 8.47. The number of pyridine rings is 1. The third-order valence-electron chi connectivity index (χ3n) is 6.46. The molecule has 1 amide bonds. The Morgan fingerprint density at radius 2 is 1.72 bits per heavy atom. The van der Waals surface area contributed by atoms with Crippen LogP contribution in [0, 0.1) is 5.92 Å². The number of carbonyl (C=O) groups is 2. The summed E-state index contributed by atoms with van der Waals surface area (Å²) in [6.45, 7) is 6.26. The Hall–Kier alpha value is -2.93. The third-order valence-corrected chi connectivity index (χ3v) is 6.46. The van der Waals surface area contributed by atoms with Crippen LogP contribution in [0.1, 0.15) is 25.3 Å². The number of amides is 1. The highest BCUT2D eigenvalue weighted by molar-refractivity contribution is 5.82. The van der Waals surface area contributed by atoms with Gasteiger partial charge in [-0.05, 0) is 37.5 Å². The lowest BCUT2D eigenvalue weighted by atomic mass is 9.94. The molecule has 7 heteroatoms. The van der Waals surface area contributed by atoms with Gasteiger partial charge in [-0.2, -0.15) is 0 Å². The fourth-order valence-electron chi connectivity index (χ4n) is 4.69. The minimum Gasteiger partial charge on any atom is -0.465 e. The van der Waals surface area contributed by atoms with Crippen LogP contribution in [0.5, 0.6) is 0 Å². The molecule has 2 fully saturated rings. The molecule has 0 aliphatic carbocycles. The summed E-state index contributed by atoms with van der Waals surface area (Å²) in [4.78, 5) is 36.5. The Bertz CT molecular complexity index is 885. The van der Waals surface area contributed by atoms with Crippen molar-refractivity contribution < 1.29 is 14.3 Å². The number of hydrogen-bond donors (Lipinski definition) is 0. The van der Waals surface area contributed by atoms with Gasteiger partial charge in [-0.1, -0.05) is 30.3 Å². The highest BCUT2D eigenvalue weighted by atomic mass is 16.5. The molecule has 0 saturated carbocycles. The second-order valence-corrected chi connectivity index (χ2v) is 8.47. The lowest BCUT2D eigenvalue weighted by molar-refractivity contribution is -0.155. The summed E-state index contributed by atoms with van der Waals surface area (Å²) >= 11 is 0. The number of aromatic nitrogens is 1. The van der Waals surface area contributed by atoms with Gasteiger partial charge in [-0.3, -0.25) is 19.5 Å². The van der Waals surface area contributed by atoms with Gasteiger partial charge in [0.05, 0.1) is 6.61 Å². The third kappa shape index (κ3) is 5.27. The van der Waals surface area contributed by atoms with E-state index < -0.39 is 6.04 Å². The van der Waals surface area contributed by atoms with Gasteiger partial charge in [0.25, 0.3) is 0 Å². The SMILES string of the molecule is CCOC(=O)C1CN(C(=O)C2CCN(c3ccncc3)CC2)CCN1Cc1ccccc1. The topological polar surface area (TPSA) is 66.0 Å². The zero-order valence-corrected chi connectivity index (χ0v) is 18.7. The average molecular weight is 437 g/mol. The van der Waals surface area contributed by atoms with Crippen LogP contribution in [-0.2, 0) is 20.9 Å². The summed E-state index contributed by atoms with van der Waals surface area (Å²) in [5.74, 6) is -0.0573. The molecule has 1 atom stereocenters. The second kappa shape index (κ2) is 10.6. The monoisotopic (exact) mass is 436 g/mol.